The van der Waals surface area contributed by atoms with Crippen molar-refractivity contribution in [2.75, 3.05) is 13.7 Å². The topological polar surface area (TPSA) is 51.1 Å². The number of likely N-dealkylation sites (N-methyl/N-ethyl adjacent to an activating group) is 1. The van der Waals surface area contributed by atoms with Crippen molar-refractivity contribution in [1.82, 2.24) is 4.90 Å². The number of methoxy groups -OCH3 is 1. The van der Waals surface area contributed by atoms with E-state index < -0.39 is 0 Å². The van der Waals surface area contributed by atoms with Gasteiger partial charge in [0.15, 0.2) is 16.7 Å². The highest BCUT2D eigenvalue weighted by Gasteiger charge is 2.32. The average Bonchev–Trinajstić information content (AvgIpc) is 3.14. The summed E-state index contributed by atoms with van der Waals surface area (Å²) in [6.07, 6.45) is 1.86. The molecule has 0 aromatic heterocycles. The second-order valence-electron chi connectivity index (χ2n) is 7.72. The number of aryl methyl sites for hydroxylation is 1. The molecule has 5 nitrogen and oxygen atoms in total. The molecule has 0 saturated carbocycles. The van der Waals surface area contributed by atoms with Gasteiger partial charge >= 0.3 is 0 Å². The van der Waals surface area contributed by atoms with E-state index in [0.717, 1.165) is 16.8 Å². The van der Waals surface area contributed by atoms with Crippen LogP contribution < -0.4 is 9.47 Å². The van der Waals surface area contributed by atoms with Gasteiger partial charge in [0.1, 0.15) is 6.61 Å². The fourth-order valence-electron chi connectivity index (χ4n) is 3.39. The van der Waals surface area contributed by atoms with Crippen molar-refractivity contribution in [1.29, 1.82) is 0 Å². The van der Waals surface area contributed by atoms with Crippen molar-refractivity contribution in [2.24, 2.45) is 4.99 Å². The number of halogens is 1. The van der Waals surface area contributed by atoms with Gasteiger partial charge < -0.3 is 9.47 Å². The number of amides is 1. The predicted octanol–water partition coefficient (Wildman–Crippen LogP) is 6.86. The molecule has 1 aliphatic rings. The molecule has 3 aromatic carbocycles. The van der Waals surface area contributed by atoms with Gasteiger partial charge in [-0.25, -0.2) is 4.99 Å². The lowest BCUT2D eigenvalue weighted by Gasteiger charge is -2.12. The Morgan fingerprint density at radius 1 is 1.03 bits per heavy atom. The number of rotatable bonds is 7. The SMILES string of the molecule is CCN1C(=O)/C(=C\c2ccc(OCc3ccc(Cl)cc3)c(OC)c2)SC1=Nc1ccc(C)cc1. The maximum absolute atomic E-state index is 13.0. The normalized spacial score (nSPS) is 15.9. The molecule has 4 rings (SSSR count). The maximum Gasteiger partial charge on any atom is 0.266 e. The van der Waals surface area contributed by atoms with Gasteiger partial charge in [-0.3, -0.25) is 9.69 Å². The number of carbonyl (C=O) groups excluding carboxylic acids is 1. The summed E-state index contributed by atoms with van der Waals surface area (Å²) in [6.45, 7) is 4.93. The zero-order valence-corrected chi connectivity index (χ0v) is 20.8. The highest BCUT2D eigenvalue weighted by Crippen LogP contribution is 2.36. The maximum atomic E-state index is 13.0. The second kappa shape index (κ2) is 10.8. The Morgan fingerprint density at radius 2 is 1.76 bits per heavy atom. The largest absolute Gasteiger partial charge is 0.493 e. The van der Waals surface area contributed by atoms with Gasteiger partial charge in [-0.2, -0.15) is 0 Å². The molecule has 1 aliphatic heterocycles. The Balaban J connectivity index is 1.53. The lowest BCUT2D eigenvalue weighted by Crippen LogP contribution is -2.28. The number of hydrogen-bond donors (Lipinski definition) is 0. The molecule has 0 unspecified atom stereocenters. The summed E-state index contributed by atoms with van der Waals surface area (Å²) in [7, 11) is 1.60. The average molecular weight is 493 g/mol. The summed E-state index contributed by atoms with van der Waals surface area (Å²) in [5, 5.41) is 1.37. The van der Waals surface area contributed by atoms with Gasteiger partial charge in [-0.15, -0.1) is 0 Å². The van der Waals surface area contributed by atoms with Crippen LogP contribution in [0.1, 0.15) is 23.6 Å². The molecule has 0 N–H and O–H groups in total. The Labute approximate surface area is 209 Å². The Bertz CT molecular complexity index is 1240. The van der Waals surface area contributed by atoms with E-state index in [2.05, 4.69) is 0 Å². The number of carbonyl (C=O) groups is 1. The molecule has 0 spiro atoms. The van der Waals surface area contributed by atoms with Crippen molar-refractivity contribution in [2.45, 2.75) is 20.5 Å². The fraction of sp³-hybridized carbons (Fsp3) is 0.185. The van der Waals surface area contributed by atoms with Gasteiger partial charge in [0.2, 0.25) is 0 Å². The molecule has 0 bridgehead atoms. The van der Waals surface area contributed by atoms with Gasteiger partial charge in [-0.1, -0.05) is 47.5 Å². The molecule has 1 heterocycles. The van der Waals surface area contributed by atoms with Crippen LogP contribution >= 0.6 is 23.4 Å². The number of aliphatic imine (C=N–C) groups is 1. The molecule has 34 heavy (non-hydrogen) atoms. The van der Waals surface area contributed by atoms with Crippen LogP contribution in [0.3, 0.4) is 0 Å². The van der Waals surface area contributed by atoms with Gasteiger partial charge in [0, 0.05) is 11.6 Å². The first-order valence-corrected chi connectivity index (χ1v) is 12.1. The highest BCUT2D eigenvalue weighted by molar-refractivity contribution is 8.18. The molecule has 1 amide bonds. The van der Waals surface area contributed by atoms with Crippen LogP contribution in [0.4, 0.5) is 5.69 Å². The molecule has 0 aliphatic carbocycles. The fourth-order valence-corrected chi connectivity index (χ4v) is 4.57. The monoisotopic (exact) mass is 492 g/mol. The van der Waals surface area contributed by atoms with Gasteiger partial charge in [0.25, 0.3) is 5.91 Å². The summed E-state index contributed by atoms with van der Waals surface area (Å²) in [6, 6.07) is 21.1. The Morgan fingerprint density at radius 3 is 2.44 bits per heavy atom. The second-order valence-corrected chi connectivity index (χ2v) is 9.16. The third-order valence-electron chi connectivity index (χ3n) is 5.26. The quantitative estimate of drug-likeness (QED) is 0.338. The number of benzene rings is 3. The molecule has 1 saturated heterocycles. The Hall–Kier alpha value is -3.22. The minimum atomic E-state index is -0.0552. The minimum absolute atomic E-state index is 0.0552. The van der Waals surface area contributed by atoms with E-state index in [1.807, 2.05) is 86.7 Å². The van der Waals surface area contributed by atoms with Crippen molar-refractivity contribution in [3.63, 3.8) is 0 Å². The van der Waals surface area contributed by atoms with E-state index in [4.69, 9.17) is 26.1 Å². The molecular formula is C27H25ClN2O3S. The van der Waals surface area contributed by atoms with Crippen molar-refractivity contribution < 1.29 is 14.3 Å². The van der Waals surface area contributed by atoms with Gasteiger partial charge in [-0.05, 0) is 79.2 Å². The molecule has 3 aromatic rings. The van der Waals surface area contributed by atoms with Crippen LogP contribution in [0, 0.1) is 6.92 Å². The summed E-state index contributed by atoms with van der Waals surface area (Å²) in [4.78, 5) is 20.0. The standard InChI is InChI=1S/C27H25ClN2O3S/c1-4-30-26(31)25(34-27(30)29-22-12-5-18(2)6-13-22)16-20-9-14-23(24(15-20)32-3)33-17-19-7-10-21(28)11-8-19/h5-16H,4,17H2,1-3H3/b25-16+,29-27?. The first-order valence-electron chi connectivity index (χ1n) is 10.9. The first-order chi connectivity index (χ1) is 16.5. The summed E-state index contributed by atoms with van der Waals surface area (Å²) >= 11 is 7.32. The van der Waals surface area contributed by atoms with Crippen LogP contribution in [-0.2, 0) is 11.4 Å². The van der Waals surface area contributed by atoms with Crippen LogP contribution in [-0.4, -0.2) is 29.6 Å². The van der Waals surface area contributed by atoms with E-state index in [1.165, 1.54) is 17.3 Å². The lowest BCUT2D eigenvalue weighted by atomic mass is 10.1. The molecule has 0 atom stereocenters. The van der Waals surface area contributed by atoms with Crippen LogP contribution in [0.15, 0.2) is 76.6 Å². The number of amidine groups is 1. The Kier molecular flexibility index (Phi) is 7.60. The van der Waals surface area contributed by atoms with Crippen molar-refractivity contribution in [3.05, 3.63) is 93.3 Å². The molecule has 1 fully saturated rings. The molecule has 7 heteroatoms. The lowest BCUT2D eigenvalue weighted by molar-refractivity contribution is -0.122. The van der Waals surface area contributed by atoms with E-state index in [0.29, 0.717) is 39.7 Å². The highest BCUT2D eigenvalue weighted by atomic mass is 35.5. The smallest absolute Gasteiger partial charge is 0.266 e. The number of thioether (sulfide) groups is 1. The summed E-state index contributed by atoms with van der Waals surface area (Å²) in [5.41, 5.74) is 3.84. The number of nitrogens with zero attached hydrogens (tertiary/aromatic N) is 2. The van der Waals surface area contributed by atoms with E-state index in [-0.39, 0.29) is 5.91 Å². The van der Waals surface area contributed by atoms with Gasteiger partial charge in [0.05, 0.1) is 17.7 Å². The van der Waals surface area contributed by atoms with Crippen molar-refractivity contribution in [3.8, 4) is 11.5 Å². The van der Waals surface area contributed by atoms with E-state index in [1.54, 1.807) is 12.0 Å². The zero-order chi connectivity index (χ0) is 24.1. The first kappa shape index (κ1) is 23.9. The predicted molar refractivity (Wildman–Crippen MR) is 140 cm³/mol. The molecular weight excluding hydrogens is 468 g/mol. The van der Waals surface area contributed by atoms with Crippen LogP contribution in [0.25, 0.3) is 6.08 Å². The minimum Gasteiger partial charge on any atom is -0.493 e. The number of ether oxygens (including phenoxy) is 2. The van der Waals surface area contributed by atoms with E-state index in [9.17, 15) is 4.79 Å². The van der Waals surface area contributed by atoms with Crippen LogP contribution in [0.2, 0.25) is 5.02 Å². The van der Waals surface area contributed by atoms with Crippen molar-refractivity contribution >= 4 is 46.2 Å². The van der Waals surface area contributed by atoms with E-state index >= 15 is 0 Å². The summed E-state index contributed by atoms with van der Waals surface area (Å²) < 4.78 is 11.5. The third-order valence-corrected chi connectivity index (χ3v) is 6.51. The third kappa shape index (κ3) is 5.64. The zero-order valence-electron chi connectivity index (χ0n) is 19.2. The summed E-state index contributed by atoms with van der Waals surface area (Å²) in [5.74, 6) is 1.17. The molecule has 174 valence electrons. The van der Waals surface area contributed by atoms with Crippen LogP contribution in [0.5, 0.6) is 11.5 Å². The number of hydrogen-bond acceptors (Lipinski definition) is 5. The molecule has 0 radical (unpaired) electrons.